The molecule has 278 valence electrons. The van der Waals surface area contributed by atoms with Gasteiger partial charge in [0.25, 0.3) is 0 Å². The molecule has 0 amide bonds. The summed E-state index contributed by atoms with van der Waals surface area (Å²) in [6.07, 6.45) is -11.8. The van der Waals surface area contributed by atoms with E-state index in [1.807, 2.05) is 0 Å². The van der Waals surface area contributed by atoms with E-state index in [9.17, 15) is 33.6 Å². The monoisotopic (exact) mass is 721 g/mol. The van der Waals surface area contributed by atoms with Crippen molar-refractivity contribution < 1.29 is 76.2 Å². The normalized spacial score (nSPS) is 21.5. The van der Waals surface area contributed by atoms with E-state index < -0.39 is 104 Å². The fourth-order valence-corrected chi connectivity index (χ4v) is 4.98. The summed E-state index contributed by atoms with van der Waals surface area (Å²) in [6.45, 7) is 6.20. The SMILES string of the molecule is CC(=O)OC[C@@H]1O[C@@H](O[C@H]([C@H](OC(C)=O)c2cnn(-c3ccccc3)n2)[C@@H](COC(C)=O)OC(C)=O)[C@@H](OC(C)=O)[C@@H](OC(C)=O)[C@@H]1OC(C)=O. The number of hydrogen-bond donors (Lipinski definition) is 0. The van der Waals surface area contributed by atoms with Crippen molar-refractivity contribution in [2.45, 2.75) is 97.5 Å². The second kappa shape index (κ2) is 18.5. The Morgan fingerprint density at radius 2 is 1.27 bits per heavy atom. The number of carbonyl (C=O) groups excluding carboxylic acids is 7. The topological polar surface area (TPSA) is 233 Å². The summed E-state index contributed by atoms with van der Waals surface area (Å²) < 4.78 is 50.2. The Kier molecular flexibility index (Phi) is 14.5. The maximum Gasteiger partial charge on any atom is 0.303 e. The lowest BCUT2D eigenvalue weighted by atomic mass is 9.97. The van der Waals surface area contributed by atoms with Crippen molar-refractivity contribution in [1.82, 2.24) is 15.0 Å². The van der Waals surface area contributed by atoms with E-state index in [1.54, 1.807) is 30.3 Å². The molecule has 2 aromatic rings. The second-order valence-electron chi connectivity index (χ2n) is 11.0. The van der Waals surface area contributed by atoms with Crippen molar-refractivity contribution in [3.63, 3.8) is 0 Å². The molecule has 1 saturated heterocycles. The van der Waals surface area contributed by atoms with Crippen molar-refractivity contribution in [1.29, 1.82) is 0 Å². The van der Waals surface area contributed by atoms with Gasteiger partial charge in [0.15, 0.2) is 36.8 Å². The third kappa shape index (κ3) is 12.1. The molecule has 0 saturated carbocycles. The molecule has 1 aromatic heterocycles. The van der Waals surface area contributed by atoms with Crippen LogP contribution in [0.1, 0.15) is 60.3 Å². The molecule has 19 nitrogen and oxygen atoms in total. The molecule has 1 aliphatic rings. The van der Waals surface area contributed by atoms with Crippen molar-refractivity contribution >= 4 is 41.8 Å². The van der Waals surface area contributed by atoms with E-state index in [0.29, 0.717) is 5.69 Å². The van der Waals surface area contributed by atoms with Crippen LogP contribution in [0.2, 0.25) is 0 Å². The highest BCUT2D eigenvalue weighted by Crippen LogP contribution is 2.35. The Balaban J connectivity index is 2.23. The number of carbonyl (C=O) groups is 7. The fourth-order valence-electron chi connectivity index (χ4n) is 4.98. The molecule has 0 N–H and O–H groups in total. The van der Waals surface area contributed by atoms with Gasteiger partial charge in [0.05, 0.1) is 11.9 Å². The van der Waals surface area contributed by atoms with Gasteiger partial charge in [0, 0.05) is 48.5 Å². The molecule has 0 unspecified atom stereocenters. The highest BCUT2D eigenvalue weighted by atomic mass is 16.7. The molecule has 0 spiro atoms. The summed E-state index contributed by atoms with van der Waals surface area (Å²) >= 11 is 0. The van der Waals surface area contributed by atoms with E-state index in [2.05, 4.69) is 10.2 Å². The molecule has 3 rings (SSSR count). The van der Waals surface area contributed by atoms with Crippen LogP contribution in [-0.2, 0) is 76.2 Å². The zero-order valence-corrected chi connectivity index (χ0v) is 28.9. The third-order valence-corrected chi connectivity index (χ3v) is 6.75. The van der Waals surface area contributed by atoms with Crippen LogP contribution in [0.25, 0.3) is 5.69 Å². The number of ether oxygens (including phenoxy) is 9. The third-order valence-electron chi connectivity index (χ3n) is 6.75. The predicted molar refractivity (Wildman–Crippen MR) is 165 cm³/mol. The van der Waals surface area contributed by atoms with Crippen LogP contribution in [0.4, 0.5) is 0 Å². The number of rotatable bonds is 15. The lowest BCUT2D eigenvalue weighted by Crippen LogP contribution is -2.64. The highest BCUT2D eigenvalue weighted by molar-refractivity contribution is 5.69. The summed E-state index contributed by atoms with van der Waals surface area (Å²) in [5.41, 5.74) is 0.462. The average Bonchev–Trinajstić information content (AvgIpc) is 3.52. The van der Waals surface area contributed by atoms with Gasteiger partial charge in [-0.25, -0.2) is 0 Å². The Bertz CT molecular complexity index is 1560. The van der Waals surface area contributed by atoms with Crippen molar-refractivity contribution in [2.24, 2.45) is 0 Å². The van der Waals surface area contributed by atoms with Gasteiger partial charge in [-0.15, -0.1) is 5.10 Å². The zero-order chi connectivity index (χ0) is 37.8. The minimum Gasteiger partial charge on any atom is -0.463 e. The van der Waals surface area contributed by atoms with E-state index in [-0.39, 0.29) is 5.69 Å². The van der Waals surface area contributed by atoms with Crippen LogP contribution >= 0.6 is 0 Å². The van der Waals surface area contributed by atoms with E-state index in [0.717, 1.165) is 48.5 Å². The largest absolute Gasteiger partial charge is 0.463 e. The number of nitrogens with zero attached hydrogens (tertiary/aromatic N) is 3. The van der Waals surface area contributed by atoms with Crippen molar-refractivity contribution in [2.75, 3.05) is 13.2 Å². The molecule has 0 bridgehead atoms. The van der Waals surface area contributed by atoms with E-state index in [1.165, 1.54) is 11.0 Å². The lowest BCUT2D eigenvalue weighted by Gasteiger charge is -2.45. The van der Waals surface area contributed by atoms with Crippen LogP contribution in [0.15, 0.2) is 36.5 Å². The van der Waals surface area contributed by atoms with Gasteiger partial charge in [-0.05, 0) is 12.1 Å². The molecule has 1 fully saturated rings. The Morgan fingerprint density at radius 3 is 1.82 bits per heavy atom. The quantitative estimate of drug-likeness (QED) is 0.183. The van der Waals surface area contributed by atoms with E-state index >= 15 is 0 Å². The van der Waals surface area contributed by atoms with Gasteiger partial charge in [0.1, 0.15) is 31.1 Å². The van der Waals surface area contributed by atoms with Crippen LogP contribution in [-0.4, -0.2) is 113 Å². The smallest absolute Gasteiger partial charge is 0.303 e. The lowest BCUT2D eigenvalue weighted by molar-refractivity contribution is -0.329. The molecule has 2 heterocycles. The van der Waals surface area contributed by atoms with Crippen molar-refractivity contribution in [3.05, 3.63) is 42.2 Å². The summed E-state index contributed by atoms with van der Waals surface area (Å²) in [5.74, 6) is -5.97. The minimum absolute atomic E-state index is 0.0512. The number of hydrogen-bond acceptors (Lipinski definition) is 18. The summed E-state index contributed by atoms with van der Waals surface area (Å²) in [4.78, 5) is 86.8. The van der Waals surface area contributed by atoms with E-state index in [4.69, 9.17) is 42.6 Å². The van der Waals surface area contributed by atoms with Crippen LogP contribution < -0.4 is 0 Å². The number of esters is 7. The number of aromatic nitrogens is 3. The van der Waals surface area contributed by atoms with Crippen LogP contribution in [0.5, 0.6) is 0 Å². The molecule has 1 aliphatic heterocycles. The van der Waals surface area contributed by atoms with Gasteiger partial charge in [0.2, 0.25) is 0 Å². The highest BCUT2D eigenvalue weighted by Gasteiger charge is 2.55. The number of para-hydroxylation sites is 1. The molecule has 1 aromatic carbocycles. The van der Waals surface area contributed by atoms with Crippen LogP contribution in [0, 0.1) is 0 Å². The van der Waals surface area contributed by atoms with Gasteiger partial charge in [-0.2, -0.15) is 9.90 Å². The Hall–Kier alpha value is -5.43. The molecule has 51 heavy (non-hydrogen) atoms. The first-order chi connectivity index (χ1) is 24.0. The Labute approximate surface area is 291 Å². The zero-order valence-electron chi connectivity index (χ0n) is 28.9. The van der Waals surface area contributed by atoms with Gasteiger partial charge >= 0.3 is 41.8 Å². The van der Waals surface area contributed by atoms with Crippen molar-refractivity contribution in [3.8, 4) is 5.69 Å². The number of benzene rings is 1. The first kappa shape index (κ1) is 40.0. The first-order valence-corrected chi connectivity index (χ1v) is 15.5. The first-order valence-electron chi connectivity index (χ1n) is 15.5. The summed E-state index contributed by atoms with van der Waals surface area (Å²) in [7, 11) is 0. The molecule has 19 heteroatoms. The van der Waals surface area contributed by atoms with Crippen LogP contribution in [0.3, 0.4) is 0 Å². The fraction of sp³-hybridized carbons (Fsp3) is 0.531. The van der Waals surface area contributed by atoms with Gasteiger partial charge < -0.3 is 42.6 Å². The standard InChI is InChI=1S/C32H39N3O16/c1-16(36)43-14-25(45-18(3)38)28(27(46-19(4)39)24-13-33-35(34-24)23-11-9-8-10-12-23)51-32-31(49-22(7)42)30(48-21(6)41)29(47-20(5)40)26(50-32)15-44-17(2)37/h8-13,25-32H,14-15H2,1-7H3/t25-,26+,27-,28+,29-,30+,31+,32+/m1/s1. The van der Waals surface area contributed by atoms with Gasteiger partial charge in [-0.1, -0.05) is 18.2 Å². The predicted octanol–water partition coefficient (Wildman–Crippen LogP) is 0.835. The van der Waals surface area contributed by atoms with Gasteiger partial charge in [-0.3, -0.25) is 33.6 Å². The second-order valence-corrected chi connectivity index (χ2v) is 11.0. The molecule has 8 atom stereocenters. The minimum atomic E-state index is -1.84. The molecule has 0 aliphatic carbocycles. The molecule has 0 radical (unpaired) electrons. The summed E-state index contributed by atoms with van der Waals surface area (Å²) in [6, 6.07) is 8.62. The average molecular weight is 722 g/mol. The Morgan fingerprint density at radius 1 is 0.706 bits per heavy atom. The molecular formula is C32H39N3O16. The molecular weight excluding hydrogens is 682 g/mol. The maximum atomic E-state index is 12.6. The summed E-state index contributed by atoms with van der Waals surface area (Å²) in [5, 5.41) is 8.66. The maximum absolute atomic E-state index is 12.6.